The summed E-state index contributed by atoms with van der Waals surface area (Å²) in [7, 11) is -1.63. The summed E-state index contributed by atoms with van der Waals surface area (Å²) < 4.78 is 26.1. The van der Waals surface area contributed by atoms with Crippen LogP contribution in [0.25, 0.3) is 0 Å². The molecule has 1 aliphatic heterocycles. The topological polar surface area (TPSA) is 69.4 Å². The number of ether oxygens (including phenoxy) is 1. The van der Waals surface area contributed by atoms with E-state index in [1.165, 1.54) is 6.26 Å². The van der Waals surface area contributed by atoms with Crippen molar-refractivity contribution in [2.45, 2.75) is 15.2 Å². The molecule has 1 rings (SSSR count). The zero-order chi connectivity index (χ0) is 16.8. The van der Waals surface area contributed by atoms with E-state index in [1.807, 2.05) is 0 Å². The molecule has 1 saturated heterocycles. The number of nitrogens with one attached hydrogen (secondary N) is 2. The Bertz CT molecular complexity index is 555. The Morgan fingerprint density at radius 2 is 2.05 bits per heavy atom. The lowest BCUT2D eigenvalue weighted by atomic mass is 10.2. The van der Waals surface area contributed by atoms with Gasteiger partial charge in [0.1, 0.15) is 12.6 Å². The van der Waals surface area contributed by atoms with Gasteiger partial charge in [0.2, 0.25) is 0 Å². The van der Waals surface area contributed by atoms with E-state index in [2.05, 4.69) is 10.3 Å². The molecule has 0 saturated carbocycles. The molecular formula is C12H17Cl4N2O3S+. The van der Waals surface area contributed by atoms with Gasteiger partial charge in [-0.1, -0.05) is 40.9 Å². The Morgan fingerprint density at radius 1 is 1.36 bits per heavy atom. The van der Waals surface area contributed by atoms with Crippen LogP contribution in [0.3, 0.4) is 0 Å². The molecule has 0 spiro atoms. The second-order valence-corrected chi connectivity index (χ2v) is 9.59. The number of rotatable bonds is 5. The molecular weight excluding hydrogens is 394 g/mol. The van der Waals surface area contributed by atoms with Gasteiger partial charge >= 0.3 is 0 Å². The number of methoxy groups -OCH3 is 1. The van der Waals surface area contributed by atoms with Crippen molar-refractivity contribution >= 4 is 62.1 Å². The molecule has 0 bridgehead atoms. The molecule has 0 aliphatic carbocycles. The Labute approximate surface area is 150 Å². The first-order valence-corrected chi connectivity index (χ1v) is 9.68. The average Bonchev–Trinajstić information content (AvgIpc) is 2.63. The number of halogens is 4. The van der Waals surface area contributed by atoms with Crippen LogP contribution in [0.4, 0.5) is 0 Å². The van der Waals surface area contributed by atoms with Crippen LogP contribution in [0.15, 0.2) is 24.5 Å². The normalized spacial score (nSPS) is 26.0. The van der Waals surface area contributed by atoms with Gasteiger partial charge in [-0.25, -0.2) is 8.42 Å². The van der Waals surface area contributed by atoms with Crippen molar-refractivity contribution in [1.29, 1.82) is 0 Å². The van der Waals surface area contributed by atoms with Crippen molar-refractivity contribution < 1.29 is 18.1 Å². The fraction of sp³-hybridized carbons (Fsp3) is 0.583. The molecule has 0 aromatic heterocycles. The summed E-state index contributed by atoms with van der Waals surface area (Å²) in [5, 5.41) is 2.31. The summed E-state index contributed by atoms with van der Waals surface area (Å²) in [5.74, 6) is -0.00810. The van der Waals surface area contributed by atoms with Crippen molar-refractivity contribution in [2.24, 2.45) is 0 Å². The molecule has 0 unspecified atom stereocenters. The molecule has 1 heterocycles. The number of allylic oxidation sites excluding steroid dienone is 2. The van der Waals surface area contributed by atoms with Crippen molar-refractivity contribution in [3.63, 3.8) is 0 Å². The number of sulfone groups is 1. The molecule has 2 atom stereocenters. The van der Waals surface area contributed by atoms with Gasteiger partial charge in [-0.2, -0.15) is 0 Å². The predicted octanol–water partition coefficient (Wildman–Crippen LogP) is 0.546. The maximum atomic E-state index is 11.6. The summed E-state index contributed by atoms with van der Waals surface area (Å²) in [6.45, 7) is 0.372. The maximum Gasteiger partial charge on any atom is 0.296 e. The lowest BCUT2D eigenvalue weighted by Crippen LogP contribution is -2.79. The molecule has 0 aromatic carbocycles. The minimum atomic E-state index is -3.17. The van der Waals surface area contributed by atoms with Crippen LogP contribution >= 0.6 is 46.4 Å². The van der Waals surface area contributed by atoms with Crippen LogP contribution in [-0.4, -0.2) is 54.6 Å². The molecule has 1 fully saturated rings. The van der Waals surface area contributed by atoms with Crippen molar-refractivity contribution in [3.05, 3.63) is 24.5 Å². The molecule has 0 radical (unpaired) electrons. The molecule has 5 nitrogen and oxygen atoms in total. The zero-order valence-corrected chi connectivity index (χ0v) is 15.6. The van der Waals surface area contributed by atoms with E-state index in [4.69, 9.17) is 51.1 Å². The highest BCUT2D eigenvalue weighted by Crippen LogP contribution is 2.26. The van der Waals surface area contributed by atoms with E-state index >= 15 is 0 Å². The smallest absolute Gasteiger partial charge is 0.296 e. The Kier molecular flexibility index (Phi) is 7.82. The van der Waals surface area contributed by atoms with E-state index in [-0.39, 0.29) is 17.3 Å². The lowest BCUT2D eigenvalue weighted by Gasteiger charge is -2.15. The Balaban J connectivity index is 2.74. The summed E-state index contributed by atoms with van der Waals surface area (Å²) in [6.07, 6.45) is 6.73. The number of amidine groups is 1. The van der Waals surface area contributed by atoms with Gasteiger partial charge in [-0.3, -0.25) is 10.3 Å². The summed E-state index contributed by atoms with van der Waals surface area (Å²) in [5.41, 5.74) is 0. The van der Waals surface area contributed by atoms with Gasteiger partial charge < -0.3 is 4.74 Å². The van der Waals surface area contributed by atoms with Crippen LogP contribution in [0, 0.1) is 0 Å². The number of alkyl halides is 4. The van der Waals surface area contributed by atoms with Gasteiger partial charge in [-0.15, -0.1) is 11.6 Å². The van der Waals surface area contributed by atoms with Gasteiger partial charge in [-0.05, 0) is 12.2 Å². The van der Waals surface area contributed by atoms with Crippen LogP contribution < -0.4 is 10.3 Å². The first-order chi connectivity index (χ1) is 10.2. The second kappa shape index (κ2) is 8.64. The third-order valence-corrected chi connectivity index (χ3v) is 5.70. The van der Waals surface area contributed by atoms with Gasteiger partial charge in [0.15, 0.2) is 9.84 Å². The van der Waals surface area contributed by atoms with E-state index in [0.29, 0.717) is 6.54 Å². The fourth-order valence-corrected chi connectivity index (χ4v) is 4.70. The third kappa shape index (κ3) is 6.96. The standard InChI is InChI=1S/C12H16Cl4N2O3S/c1-21-6-4-2-3-5-17-11(12(14,15)16)18-10-8-22(19,20)7-9(10)13/h2-4,6,9-10H,5,7-8H2,1H3,(H,17,18)/p+1/b3-2+,6-4-/t9-,10-/m0/s1. The van der Waals surface area contributed by atoms with Crippen molar-refractivity contribution in [2.75, 3.05) is 25.2 Å². The minimum Gasteiger partial charge on any atom is -0.504 e. The van der Waals surface area contributed by atoms with Crippen LogP contribution in [0.5, 0.6) is 0 Å². The molecule has 10 heteroatoms. The molecule has 22 heavy (non-hydrogen) atoms. The first-order valence-electron chi connectivity index (χ1n) is 6.29. The SMILES string of the molecule is CO/C=C\C=C\C[NH+]=C(N[C@H]1CS(=O)(=O)C[C@@H]1Cl)C(Cl)(Cl)Cl. The summed E-state index contributed by atoms with van der Waals surface area (Å²) in [6, 6.07) is -0.512. The highest BCUT2D eigenvalue weighted by Gasteiger charge is 2.44. The van der Waals surface area contributed by atoms with Gasteiger partial charge in [0, 0.05) is 0 Å². The van der Waals surface area contributed by atoms with E-state index in [9.17, 15) is 8.42 Å². The van der Waals surface area contributed by atoms with E-state index in [0.717, 1.165) is 0 Å². The highest BCUT2D eigenvalue weighted by atomic mass is 35.6. The average molecular weight is 411 g/mol. The molecule has 126 valence electrons. The van der Waals surface area contributed by atoms with Crippen molar-refractivity contribution in [1.82, 2.24) is 5.32 Å². The quantitative estimate of drug-likeness (QED) is 0.228. The third-order valence-electron chi connectivity index (χ3n) is 2.75. The Morgan fingerprint density at radius 3 is 2.55 bits per heavy atom. The summed E-state index contributed by atoms with van der Waals surface area (Å²) in [4.78, 5) is 2.91. The summed E-state index contributed by atoms with van der Waals surface area (Å²) >= 11 is 23.7. The Hall–Kier alpha value is -0.140. The zero-order valence-electron chi connectivity index (χ0n) is 11.7. The van der Waals surface area contributed by atoms with Crippen LogP contribution in [-0.2, 0) is 14.6 Å². The first kappa shape index (κ1) is 19.9. The van der Waals surface area contributed by atoms with E-state index in [1.54, 1.807) is 25.3 Å². The molecule has 0 amide bonds. The van der Waals surface area contributed by atoms with E-state index < -0.39 is 25.0 Å². The highest BCUT2D eigenvalue weighted by molar-refractivity contribution is 7.91. The fourth-order valence-electron chi connectivity index (χ4n) is 1.79. The van der Waals surface area contributed by atoms with Crippen molar-refractivity contribution in [3.8, 4) is 0 Å². The molecule has 2 N–H and O–H groups in total. The minimum absolute atomic E-state index is 0.0962. The van der Waals surface area contributed by atoms with Gasteiger partial charge in [0.05, 0.1) is 30.3 Å². The molecule has 1 aliphatic rings. The second-order valence-electron chi connectivity index (χ2n) is 4.59. The largest absolute Gasteiger partial charge is 0.504 e. The lowest BCUT2D eigenvalue weighted by molar-refractivity contribution is -0.448. The van der Waals surface area contributed by atoms with Crippen LogP contribution in [0.1, 0.15) is 0 Å². The molecule has 0 aromatic rings. The monoisotopic (exact) mass is 409 g/mol. The maximum absolute atomic E-state index is 11.6. The van der Waals surface area contributed by atoms with Gasteiger partial charge in [0.25, 0.3) is 9.63 Å². The van der Waals surface area contributed by atoms with Crippen LogP contribution in [0.2, 0.25) is 0 Å². The number of hydrogen-bond acceptors (Lipinski definition) is 3. The predicted molar refractivity (Wildman–Crippen MR) is 91.6 cm³/mol. The number of hydrogen-bond donors (Lipinski definition) is 2.